The zero-order valence-electron chi connectivity index (χ0n) is 13.1. The number of aryl methyl sites for hydroxylation is 1. The lowest BCUT2D eigenvalue weighted by molar-refractivity contribution is -0.00499. The molecule has 0 saturated carbocycles. The molecule has 0 aliphatic carbocycles. The summed E-state index contributed by atoms with van der Waals surface area (Å²) >= 11 is 0. The number of pyridine rings is 1. The maximum atomic E-state index is 12.6. The van der Waals surface area contributed by atoms with Crippen LogP contribution in [0.4, 0.5) is 0 Å². The van der Waals surface area contributed by atoms with Crippen LogP contribution in [0.5, 0.6) is 0 Å². The second-order valence-electron chi connectivity index (χ2n) is 5.72. The van der Waals surface area contributed by atoms with Crippen LogP contribution in [-0.2, 0) is 20.5 Å². The smallest absolute Gasteiger partial charge is 0.218 e. The van der Waals surface area contributed by atoms with Crippen LogP contribution < -0.4 is 0 Å². The number of nitrogens with zero attached hydrogens (tertiary/aromatic N) is 2. The topological polar surface area (TPSA) is 59.5 Å². The first kappa shape index (κ1) is 16.1. The number of hydrogen-bond donors (Lipinski definition) is 0. The first-order valence-corrected chi connectivity index (χ1v) is 9.21. The van der Waals surface area contributed by atoms with E-state index in [1.807, 2.05) is 49.4 Å². The molecule has 0 radical (unpaired) electrons. The van der Waals surface area contributed by atoms with Crippen molar-refractivity contribution in [2.75, 3.05) is 19.7 Å². The van der Waals surface area contributed by atoms with Gasteiger partial charge >= 0.3 is 0 Å². The van der Waals surface area contributed by atoms with E-state index >= 15 is 0 Å². The molecule has 5 nitrogen and oxygen atoms in total. The summed E-state index contributed by atoms with van der Waals surface area (Å²) in [4.78, 5) is 4.36. The van der Waals surface area contributed by atoms with E-state index in [1.165, 1.54) is 4.31 Å². The van der Waals surface area contributed by atoms with Crippen LogP contribution in [0.25, 0.3) is 0 Å². The monoisotopic (exact) mass is 332 g/mol. The van der Waals surface area contributed by atoms with E-state index in [2.05, 4.69) is 4.98 Å². The van der Waals surface area contributed by atoms with Gasteiger partial charge < -0.3 is 4.74 Å². The fourth-order valence-electron chi connectivity index (χ4n) is 2.60. The largest absolute Gasteiger partial charge is 0.369 e. The van der Waals surface area contributed by atoms with Crippen molar-refractivity contribution in [3.63, 3.8) is 0 Å². The summed E-state index contributed by atoms with van der Waals surface area (Å²) in [7, 11) is -3.36. The molecule has 2 aromatic rings. The third-order valence-electron chi connectivity index (χ3n) is 3.88. The Bertz CT molecular complexity index is 745. The first-order chi connectivity index (χ1) is 11.0. The number of benzene rings is 1. The summed E-state index contributed by atoms with van der Waals surface area (Å²) in [5, 5.41) is 0. The van der Waals surface area contributed by atoms with Gasteiger partial charge in [0.25, 0.3) is 0 Å². The molecule has 0 spiro atoms. The lowest BCUT2D eigenvalue weighted by atomic mass is 10.2. The highest BCUT2D eigenvalue weighted by molar-refractivity contribution is 7.88. The summed E-state index contributed by atoms with van der Waals surface area (Å²) in [6.45, 7) is 3.05. The van der Waals surface area contributed by atoms with Crippen molar-refractivity contribution >= 4 is 10.0 Å². The molecule has 1 aromatic carbocycles. The van der Waals surface area contributed by atoms with E-state index in [-0.39, 0.29) is 11.9 Å². The van der Waals surface area contributed by atoms with E-state index in [0.29, 0.717) is 19.7 Å². The molecule has 6 heteroatoms. The average molecular weight is 332 g/mol. The summed E-state index contributed by atoms with van der Waals surface area (Å²) in [5.74, 6) is 0.0158. The van der Waals surface area contributed by atoms with Crippen LogP contribution in [0, 0.1) is 6.92 Å². The van der Waals surface area contributed by atoms with Crippen LogP contribution in [-0.4, -0.2) is 37.4 Å². The van der Waals surface area contributed by atoms with E-state index in [0.717, 1.165) is 16.8 Å². The van der Waals surface area contributed by atoms with Gasteiger partial charge in [0, 0.05) is 19.3 Å². The van der Waals surface area contributed by atoms with Gasteiger partial charge in [-0.15, -0.1) is 0 Å². The molecular formula is C17H20N2O3S. The van der Waals surface area contributed by atoms with Gasteiger partial charge in [0.2, 0.25) is 10.0 Å². The van der Waals surface area contributed by atoms with Gasteiger partial charge in [-0.05, 0) is 24.1 Å². The summed E-state index contributed by atoms with van der Waals surface area (Å²) in [6.07, 6.45) is 1.46. The fraction of sp³-hybridized carbons (Fsp3) is 0.353. The zero-order chi connectivity index (χ0) is 16.3. The van der Waals surface area contributed by atoms with Crippen molar-refractivity contribution < 1.29 is 13.2 Å². The predicted octanol–water partition coefficient (Wildman–Crippen LogP) is 2.29. The normalized spacial score (nSPS) is 19.6. The van der Waals surface area contributed by atoms with E-state index in [9.17, 15) is 8.42 Å². The number of aromatic nitrogens is 1. The van der Waals surface area contributed by atoms with E-state index < -0.39 is 10.0 Å². The van der Waals surface area contributed by atoms with Crippen molar-refractivity contribution in [2.24, 2.45) is 0 Å². The Hall–Kier alpha value is -1.76. The maximum Gasteiger partial charge on any atom is 0.218 e. The van der Waals surface area contributed by atoms with Gasteiger partial charge in [0.1, 0.15) is 6.10 Å². The minimum absolute atomic E-state index is 0.0158. The van der Waals surface area contributed by atoms with Gasteiger partial charge in [-0.1, -0.05) is 36.4 Å². The Balaban J connectivity index is 1.73. The molecule has 3 rings (SSSR count). The number of ether oxygens (including phenoxy) is 1. The van der Waals surface area contributed by atoms with Gasteiger partial charge in [0.15, 0.2) is 0 Å². The molecule has 1 aromatic heterocycles. The summed E-state index contributed by atoms with van der Waals surface area (Å²) < 4.78 is 32.5. The molecule has 1 saturated heterocycles. The van der Waals surface area contributed by atoms with Gasteiger partial charge in [-0.2, -0.15) is 4.31 Å². The molecule has 122 valence electrons. The molecule has 1 fully saturated rings. The highest BCUT2D eigenvalue weighted by Gasteiger charge is 2.30. The maximum absolute atomic E-state index is 12.6. The Kier molecular flexibility index (Phi) is 4.75. The number of rotatable bonds is 4. The highest BCUT2D eigenvalue weighted by Crippen LogP contribution is 2.23. The Morgan fingerprint density at radius 1 is 1.22 bits per heavy atom. The number of sulfonamides is 1. The Morgan fingerprint density at radius 3 is 2.70 bits per heavy atom. The molecule has 1 aliphatic rings. The lowest BCUT2D eigenvalue weighted by Crippen LogP contribution is -2.42. The number of hydrogen-bond acceptors (Lipinski definition) is 4. The third kappa shape index (κ3) is 3.96. The van der Waals surface area contributed by atoms with Crippen molar-refractivity contribution in [3.8, 4) is 0 Å². The number of morpholine rings is 1. The molecule has 2 heterocycles. The van der Waals surface area contributed by atoms with Crippen molar-refractivity contribution in [1.82, 2.24) is 9.29 Å². The summed E-state index contributed by atoms with van der Waals surface area (Å²) in [6, 6.07) is 13.1. The molecule has 23 heavy (non-hydrogen) atoms. The molecule has 0 amide bonds. The molecular weight excluding hydrogens is 312 g/mol. The average Bonchev–Trinajstić information content (AvgIpc) is 2.56. The Morgan fingerprint density at radius 2 is 2.00 bits per heavy atom. The van der Waals surface area contributed by atoms with Gasteiger partial charge in [-0.3, -0.25) is 4.98 Å². The highest BCUT2D eigenvalue weighted by atomic mass is 32.2. The Labute approximate surface area is 137 Å². The second-order valence-corrected chi connectivity index (χ2v) is 7.69. The van der Waals surface area contributed by atoms with Crippen molar-refractivity contribution in [3.05, 3.63) is 65.5 Å². The van der Waals surface area contributed by atoms with Crippen LogP contribution >= 0.6 is 0 Å². The third-order valence-corrected chi connectivity index (χ3v) is 5.70. The van der Waals surface area contributed by atoms with E-state index in [4.69, 9.17) is 4.74 Å². The quantitative estimate of drug-likeness (QED) is 0.862. The fourth-order valence-corrected chi connectivity index (χ4v) is 4.11. The SMILES string of the molecule is Cc1ccc(C2CN(S(=O)(=O)Cc3ccccc3)CCO2)nc1. The lowest BCUT2D eigenvalue weighted by Gasteiger charge is -2.32. The van der Waals surface area contributed by atoms with Crippen LogP contribution in [0.3, 0.4) is 0 Å². The molecule has 1 atom stereocenters. The van der Waals surface area contributed by atoms with E-state index in [1.54, 1.807) is 6.20 Å². The van der Waals surface area contributed by atoms with Crippen LogP contribution in [0.2, 0.25) is 0 Å². The van der Waals surface area contributed by atoms with Crippen LogP contribution in [0.15, 0.2) is 48.7 Å². The van der Waals surface area contributed by atoms with Crippen LogP contribution in [0.1, 0.15) is 22.9 Å². The zero-order valence-corrected chi connectivity index (χ0v) is 13.9. The first-order valence-electron chi connectivity index (χ1n) is 7.60. The molecule has 0 N–H and O–H groups in total. The minimum atomic E-state index is -3.36. The van der Waals surface area contributed by atoms with Crippen molar-refractivity contribution in [2.45, 2.75) is 18.8 Å². The van der Waals surface area contributed by atoms with Crippen molar-refractivity contribution in [1.29, 1.82) is 0 Å². The molecule has 1 unspecified atom stereocenters. The predicted molar refractivity (Wildman–Crippen MR) is 88.3 cm³/mol. The second kappa shape index (κ2) is 6.78. The molecule has 1 aliphatic heterocycles. The summed E-state index contributed by atoms with van der Waals surface area (Å²) in [5.41, 5.74) is 2.64. The van der Waals surface area contributed by atoms with Gasteiger partial charge in [-0.25, -0.2) is 8.42 Å². The standard InChI is InChI=1S/C17H20N2O3S/c1-14-7-8-16(18-11-14)17-12-19(9-10-22-17)23(20,21)13-15-5-3-2-4-6-15/h2-8,11,17H,9-10,12-13H2,1H3. The molecule has 0 bridgehead atoms. The minimum Gasteiger partial charge on any atom is -0.369 e. The van der Waals surface area contributed by atoms with Gasteiger partial charge in [0.05, 0.1) is 18.1 Å².